The smallest absolute Gasteiger partial charge is 0.238 e. The number of hydrogen-bond acceptors (Lipinski definition) is 3. The number of hydrogen-bond donors (Lipinski definition) is 3. The molecule has 0 aliphatic rings. The molecule has 0 heterocycles. The summed E-state index contributed by atoms with van der Waals surface area (Å²) in [5.74, 6) is -0.138. The molecule has 0 aliphatic heterocycles. The summed E-state index contributed by atoms with van der Waals surface area (Å²) in [4.78, 5) is 22.9. The third-order valence-corrected chi connectivity index (χ3v) is 2.46. The van der Waals surface area contributed by atoms with Crippen LogP contribution in [0.2, 0.25) is 0 Å². The molecule has 0 unspecified atom stereocenters. The van der Waals surface area contributed by atoms with Crippen LogP contribution in [0.25, 0.3) is 0 Å². The second kappa shape index (κ2) is 8.26. The highest BCUT2D eigenvalue weighted by molar-refractivity contribution is 5.94. The molecule has 0 saturated carbocycles. The first-order valence-electron chi connectivity index (χ1n) is 6.56. The highest BCUT2D eigenvalue weighted by atomic mass is 16.2. The van der Waals surface area contributed by atoms with Crippen LogP contribution < -0.4 is 16.0 Å². The third-order valence-electron chi connectivity index (χ3n) is 2.46. The van der Waals surface area contributed by atoms with E-state index < -0.39 is 0 Å². The molecule has 1 aromatic carbocycles. The molecule has 5 heteroatoms. The molecular formula is C14H21N3O2. The largest absolute Gasteiger partial charge is 0.326 e. The SMILES string of the molecule is CCCNCC(=O)Nc1cccc(NC(=O)CC)c1. The van der Waals surface area contributed by atoms with Crippen molar-refractivity contribution in [1.29, 1.82) is 0 Å². The van der Waals surface area contributed by atoms with Crippen LogP contribution in [-0.4, -0.2) is 24.9 Å². The normalized spacial score (nSPS) is 10.0. The maximum absolute atomic E-state index is 11.6. The second-order valence-electron chi connectivity index (χ2n) is 4.21. The minimum absolute atomic E-state index is 0.0481. The highest BCUT2D eigenvalue weighted by Gasteiger charge is 2.03. The van der Waals surface area contributed by atoms with Crippen LogP contribution in [-0.2, 0) is 9.59 Å². The standard InChI is InChI=1S/C14H21N3O2/c1-3-8-15-10-14(19)17-12-7-5-6-11(9-12)16-13(18)4-2/h5-7,9,15H,3-4,8,10H2,1-2H3,(H,16,18)(H,17,19). The molecule has 1 rings (SSSR count). The average Bonchev–Trinajstić information content (AvgIpc) is 2.39. The maximum atomic E-state index is 11.6. The van der Waals surface area contributed by atoms with Crippen molar-refractivity contribution in [1.82, 2.24) is 5.32 Å². The Bertz CT molecular complexity index is 432. The van der Waals surface area contributed by atoms with E-state index in [1.165, 1.54) is 0 Å². The summed E-state index contributed by atoms with van der Waals surface area (Å²) >= 11 is 0. The molecule has 0 bridgehead atoms. The lowest BCUT2D eigenvalue weighted by molar-refractivity contribution is -0.116. The number of carbonyl (C=O) groups excluding carboxylic acids is 2. The molecule has 2 amide bonds. The zero-order chi connectivity index (χ0) is 14.1. The molecule has 0 fully saturated rings. The number of anilines is 2. The summed E-state index contributed by atoms with van der Waals surface area (Å²) in [6, 6.07) is 7.11. The van der Waals surface area contributed by atoms with Crippen molar-refractivity contribution < 1.29 is 9.59 Å². The van der Waals surface area contributed by atoms with Crippen molar-refractivity contribution in [2.45, 2.75) is 26.7 Å². The summed E-state index contributed by atoms with van der Waals surface area (Å²) in [5, 5.41) is 8.56. The van der Waals surface area contributed by atoms with Gasteiger partial charge in [-0.25, -0.2) is 0 Å². The molecule has 3 N–H and O–H groups in total. The first kappa shape index (κ1) is 15.2. The van der Waals surface area contributed by atoms with E-state index in [0.717, 1.165) is 13.0 Å². The lowest BCUT2D eigenvalue weighted by atomic mass is 10.2. The fourth-order valence-corrected chi connectivity index (χ4v) is 1.51. The third kappa shape index (κ3) is 6.01. The van der Waals surface area contributed by atoms with Crippen molar-refractivity contribution in [2.24, 2.45) is 0 Å². The molecule has 0 aromatic heterocycles. The number of amides is 2. The molecule has 5 nitrogen and oxygen atoms in total. The van der Waals surface area contributed by atoms with Gasteiger partial charge >= 0.3 is 0 Å². The van der Waals surface area contributed by atoms with Gasteiger partial charge in [-0.3, -0.25) is 9.59 Å². The van der Waals surface area contributed by atoms with Gasteiger partial charge in [0.15, 0.2) is 0 Å². The van der Waals surface area contributed by atoms with Gasteiger partial charge in [0.25, 0.3) is 0 Å². The van der Waals surface area contributed by atoms with Crippen molar-refractivity contribution in [3.05, 3.63) is 24.3 Å². The lowest BCUT2D eigenvalue weighted by Gasteiger charge is -2.08. The predicted octanol–water partition coefficient (Wildman–Crippen LogP) is 1.97. The van der Waals surface area contributed by atoms with Crippen LogP contribution in [0.5, 0.6) is 0 Å². The Morgan fingerprint density at radius 1 is 1.05 bits per heavy atom. The minimum Gasteiger partial charge on any atom is -0.326 e. The Morgan fingerprint density at radius 2 is 1.68 bits per heavy atom. The Morgan fingerprint density at radius 3 is 2.26 bits per heavy atom. The van der Waals surface area contributed by atoms with Crippen LogP contribution in [0, 0.1) is 0 Å². The molecule has 0 atom stereocenters. The Balaban J connectivity index is 2.52. The van der Waals surface area contributed by atoms with Crippen molar-refractivity contribution in [3.8, 4) is 0 Å². The van der Waals surface area contributed by atoms with E-state index in [0.29, 0.717) is 24.3 Å². The quantitative estimate of drug-likeness (QED) is 0.659. The maximum Gasteiger partial charge on any atom is 0.238 e. The van der Waals surface area contributed by atoms with Gasteiger partial charge in [0.2, 0.25) is 11.8 Å². The monoisotopic (exact) mass is 263 g/mol. The zero-order valence-electron chi connectivity index (χ0n) is 11.5. The molecule has 104 valence electrons. The summed E-state index contributed by atoms with van der Waals surface area (Å²) in [7, 11) is 0. The van der Waals surface area contributed by atoms with Gasteiger partial charge in [-0.05, 0) is 31.2 Å². The lowest BCUT2D eigenvalue weighted by Crippen LogP contribution is -2.28. The second-order valence-corrected chi connectivity index (χ2v) is 4.21. The van der Waals surface area contributed by atoms with Crippen molar-refractivity contribution >= 4 is 23.2 Å². The Kier molecular flexibility index (Phi) is 6.60. The van der Waals surface area contributed by atoms with E-state index in [1.807, 2.05) is 6.92 Å². The van der Waals surface area contributed by atoms with E-state index in [9.17, 15) is 9.59 Å². The van der Waals surface area contributed by atoms with E-state index in [-0.39, 0.29) is 11.8 Å². The molecular weight excluding hydrogens is 242 g/mol. The molecule has 0 saturated heterocycles. The fourth-order valence-electron chi connectivity index (χ4n) is 1.51. The number of carbonyl (C=O) groups is 2. The van der Waals surface area contributed by atoms with Gasteiger partial charge in [0.05, 0.1) is 6.54 Å². The summed E-state index contributed by atoms with van der Waals surface area (Å²) in [6.07, 6.45) is 1.42. The molecule has 0 aliphatic carbocycles. The van der Waals surface area contributed by atoms with E-state index >= 15 is 0 Å². The minimum atomic E-state index is -0.0904. The van der Waals surface area contributed by atoms with Gasteiger partial charge in [0, 0.05) is 17.8 Å². The predicted molar refractivity (Wildman–Crippen MR) is 77.2 cm³/mol. The highest BCUT2D eigenvalue weighted by Crippen LogP contribution is 2.15. The van der Waals surface area contributed by atoms with Crippen LogP contribution in [0.4, 0.5) is 11.4 Å². The summed E-state index contributed by atoms with van der Waals surface area (Å²) in [5.41, 5.74) is 1.36. The summed E-state index contributed by atoms with van der Waals surface area (Å²) in [6.45, 7) is 4.95. The van der Waals surface area contributed by atoms with Crippen molar-refractivity contribution in [3.63, 3.8) is 0 Å². The van der Waals surface area contributed by atoms with Gasteiger partial charge < -0.3 is 16.0 Å². The van der Waals surface area contributed by atoms with Gasteiger partial charge in [-0.15, -0.1) is 0 Å². The van der Waals surface area contributed by atoms with E-state index in [1.54, 1.807) is 31.2 Å². The molecule has 0 spiro atoms. The van der Waals surface area contributed by atoms with Crippen LogP contribution in [0.3, 0.4) is 0 Å². The fraction of sp³-hybridized carbons (Fsp3) is 0.429. The zero-order valence-corrected chi connectivity index (χ0v) is 11.5. The van der Waals surface area contributed by atoms with Gasteiger partial charge in [-0.2, -0.15) is 0 Å². The van der Waals surface area contributed by atoms with Crippen LogP contribution >= 0.6 is 0 Å². The number of rotatable bonds is 7. The number of nitrogens with one attached hydrogen (secondary N) is 3. The van der Waals surface area contributed by atoms with Gasteiger partial charge in [-0.1, -0.05) is 19.9 Å². The van der Waals surface area contributed by atoms with Gasteiger partial charge in [0.1, 0.15) is 0 Å². The topological polar surface area (TPSA) is 70.2 Å². The molecule has 19 heavy (non-hydrogen) atoms. The summed E-state index contributed by atoms with van der Waals surface area (Å²) < 4.78 is 0. The van der Waals surface area contributed by atoms with E-state index in [4.69, 9.17) is 0 Å². The van der Waals surface area contributed by atoms with Crippen LogP contribution in [0.15, 0.2) is 24.3 Å². The van der Waals surface area contributed by atoms with Crippen molar-refractivity contribution in [2.75, 3.05) is 23.7 Å². The average molecular weight is 263 g/mol. The first-order valence-corrected chi connectivity index (χ1v) is 6.56. The number of benzene rings is 1. The first-order chi connectivity index (χ1) is 9.15. The Labute approximate surface area is 113 Å². The molecule has 0 radical (unpaired) electrons. The Hall–Kier alpha value is -1.88. The van der Waals surface area contributed by atoms with Crippen LogP contribution in [0.1, 0.15) is 26.7 Å². The molecule has 1 aromatic rings. The van der Waals surface area contributed by atoms with E-state index in [2.05, 4.69) is 16.0 Å².